The van der Waals surface area contributed by atoms with Gasteiger partial charge in [0.1, 0.15) is 11.9 Å². The number of aryl methyl sites for hydroxylation is 2. The molecule has 7 heteroatoms. The standard InChI is InChI=1S/C28H31N5O2/c1-19-8-6-11-21(16-19)25-17-26(32(2)31-25)30-27(34)22-13-15-33(28(35)24-12-7-14-29-24)18-23(22)20-9-4-3-5-10-20/h3-12,16-17,22-24,29H,13-15,18H2,1-2H3,(H,30,34)/t22-,23+,24+/m0/s1. The van der Waals surface area contributed by atoms with Crippen molar-refractivity contribution in [1.29, 1.82) is 0 Å². The Kier molecular flexibility index (Phi) is 6.51. The van der Waals surface area contributed by atoms with Crippen molar-refractivity contribution in [3.63, 3.8) is 0 Å². The number of nitrogens with one attached hydrogen (secondary N) is 2. The van der Waals surface area contributed by atoms with E-state index in [4.69, 9.17) is 0 Å². The number of hydrogen-bond acceptors (Lipinski definition) is 4. The average Bonchev–Trinajstić information content (AvgIpc) is 3.54. The number of carbonyl (C=O) groups excluding carboxylic acids is 2. The first-order chi connectivity index (χ1) is 17.0. The summed E-state index contributed by atoms with van der Waals surface area (Å²) < 4.78 is 1.71. The molecule has 0 radical (unpaired) electrons. The Labute approximate surface area is 205 Å². The highest BCUT2D eigenvalue weighted by atomic mass is 16.2. The van der Waals surface area contributed by atoms with Gasteiger partial charge in [-0.15, -0.1) is 0 Å². The van der Waals surface area contributed by atoms with Gasteiger partial charge in [0.05, 0.1) is 5.69 Å². The summed E-state index contributed by atoms with van der Waals surface area (Å²) in [6, 6.07) is 19.9. The van der Waals surface area contributed by atoms with Crippen molar-refractivity contribution in [2.45, 2.75) is 25.3 Å². The van der Waals surface area contributed by atoms with Gasteiger partial charge in [-0.2, -0.15) is 5.10 Å². The summed E-state index contributed by atoms with van der Waals surface area (Å²) in [7, 11) is 1.84. The lowest BCUT2D eigenvalue weighted by molar-refractivity contribution is -0.136. The molecule has 180 valence electrons. The lowest BCUT2D eigenvalue weighted by Gasteiger charge is -2.39. The summed E-state index contributed by atoms with van der Waals surface area (Å²) in [5.41, 5.74) is 4.08. The van der Waals surface area contributed by atoms with E-state index in [0.29, 0.717) is 31.9 Å². The number of likely N-dealkylation sites (tertiary alicyclic amines) is 1. The van der Waals surface area contributed by atoms with Crippen LogP contribution < -0.4 is 10.6 Å². The normalized spacial score (nSPS) is 21.8. The summed E-state index contributed by atoms with van der Waals surface area (Å²) >= 11 is 0. The summed E-state index contributed by atoms with van der Waals surface area (Å²) in [5.74, 6) is 0.378. The third-order valence-corrected chi connectivity index (χ3v) is 6.98. The lowest BCUT2D eigenvalue weighted by atomic mass is 9.80. The van der Waals surface area contributed by atoms with Crippen LogP contribution in [0.15, 0.2) is 72.8 Å². The fourth-order valence-electron chi connectivity index (χ4n) is 5.09. The molecule has 2 amide bonds. The van der Waals surface area contributed by atoms with Crippen molar-refractivity contribution in [1.82, 2.24) is 20.0 Å². The molecule has 2 N–H and O–H groups in total. The Morgan fingerprint density at radius 2 is 1.91 bits per heavy atom. The minimum Gasteiger partial charge on any atom is -0.340 e. The summed E-state index contributed by atoms with van der Waals surface area (Å²) in [6.45, 7) is 3.85. The van der Waals surface area contributed by atoms with Crippen LogP contribution in [0, 0.1) is 12.8 Å². The maximum absolute atomic E-state index is 13.6. The molecule has 5 rings (SSSR count). The fourth-order valence-corrected chi connectivity index (χ4v) is 5.09. The fraction of sp³-hybridized carbons (Fsp3) is 0.321. The molecule has 3 atom stereocenters. The Morgan fingerprint density at radius 1 is 1.09 bits per heavy atom. The summed E-state index contributed by atoms with van der Waals surface area (Å²) in [4.78, 5) is 28.5. The van der Waals surface area contributed by atoms with Crippen LogP contribution in [0.3, 0.4) is 0 Å². The second-order valence-electron chi connectivity index (χ2n) is 9.41. The number of piperidine rings is 1. The van der Waals surface area contributed by atoms with Crippen LogP contribution in [0.2, 0.25) is 0 Å². The minimum absolute atomic E-state index is 0.0383. The molecule has 3 heterocycles. The number of aromatic nitrogens is 2. The maximum atomic E-state index is 13.6. The van der Waals surface area contributed by atoms with Crippen molar-refractivity contribution < 1.29 is 9.59 Å². The smallest absolute Gasteiger partial charge is 0.243 e. The lowest BCUT2D eigenvalue weighted by Crippen LogP contribution is -2.51. The molecule has 0 unspecified atom stereocenters. The molecule has 7 nitrogen and oxygen atoms in total. The van der Waals surface area contributed by atoms with E-state index < -0.39 is 0 Å². The Hall–Kier alpha value is -3.71. The van der Waals surface area contributed by atoms with E-state index in [1.807, 2.05) is 72.6 Å². The molecule has 2 aromatic carbocycles. The number of carbonyl (C=O) groups is 2. The van der Waals surface area contributed by atoms with Crippen LogP contribution >= 0.6 is 0 Å². The van der Waals surface area contributed by atoms with Gasteiger partial charge in [-0.3, -0.25) is 19.6 Å². The average molecular weight is 470 g/mol. The molecule has 1 fully saturated rings. The van der Waals surface area contributed by atoms with E-state index in [1.165, 1.54) is 0 Å². The van der Waals surface area contributed by atoms with E-state index >= 15 is 0 Å². The van der Waals surface area contributed by atoms with Crippen LogP contribution in [-0.2, 0) is 16.6 Å². The highest BCUT2D eigenvalue weighted by molar-refractivity contribution is 5.93. The van der Waals surface area contributed by atoms with Crippen LogP contribution in [0.1, 0.15) is 23.5 Å². The van der Waals surface area contributed by atoms with Crippen molar-refractivity contribution in [2.24, 2.45) is 13.0 Å². The van der Waals surface area contributed by atoms with Gasteiger partial charge < -0.3 is 10.2 Å². The third kappa shape index (κ3) is 4.91. The summed E-state index contributed by atoms with van der Waals surface area (Å²) in [6.07, 6.45) is 4.51. The number of amides is 2. The van der Waals surface area contributed by atoms with E-state index in [9.17, 15) is 9.59 Å². The van der Waals surface area contributed by atoms with Gasteiger partial charge >= 0.3 is 0 Å². The van der Waals surface area contributed by atoms with E-state index in [1.54, 1.807) is 4.68 Å². The van der Waals surface area contributed by atoms with Crippen molar-refractivity contribution in [3.05, 3.63) is 83.9 Å². The van der Waals surface area contributed by atoms with Gasteiger partial charge in [0, 0.05) is 50.1 Å². The second kappa shape index (κ2) is 9.88. The van der Waals surface area contributed by atoms with Crippen LogP contribution in [0.4, 0.5) is 5.82 Å². The quantitative estimate of drug-likeness (QED) is 0.561. The molecule has 1 aromatic heterocycles. The zero-order valence-electron chi connectivity index (χ0n) is 20.1. The zero-order valence-corrected chi connectivity index (χ0v) is 20.1. The monoisotopic (exact) mass is 469 g/mol. The minimum atomic E-state index is -0.272. The van der Waals surface area contributed by atoms with Crippen molar-refractivity contribution >= 4 is 17.6 Å². The molecule has 1 saturated heterocycles. The maximum Gasteiger partial charge on any atom is 0.243 e. The molecule has 3 aromatic rings. The molecular weight excluding hydrogens is 438 g/mol. The highest BCUT2D eigenvalue weighted by Gasteiger charge is 2.38. The SMILES string of the molecule is Cc1cccc(-c2cc(NC(=O)[C@H]3CCN(C(=O)[C@H]4C=CCN4)C[C@@H]3c3ccccc3)n(C)n2)c1. The Balaban J connectivity index is 1.35. The van der Waals surface area contributed by atoms with Crippen molar-refractivity contribution in [3.8, 4) is 11.3 Å². The van der Waals surface area contributed by atoms with Crippen LogP contribution in [-0.4, -0.2) is 52.2 Å². The predicted octanol–water partition coefficient (Wildman–Crippen LogP) is 3.49. The molecule has 0 bridgehead atoms. The van der Waals surface area contributed by atoms with Crippen LogP contribution in [0.5, 0.6) is 0 Å². The molecule has 35 heavy (non-hydrogen) atoms. The first kappa shape index (κ1) is 23.1. The van der Waals surface area contributed by atoms with E-state index in [0.717, 1.165) is 22.4 Å². The van der Waals surface area contributed by atoms with Gasteiger partial charge in [0.15, 0.2) is 0 Å². The number of nitrogens with zero attached hydrogens (tertiary/aromatic N) is 3. The number of benzene rings is 2. The molecule has 0 spiro atoms. The molecule has 2 aliphatic heterocycles. The number of anilines is 1. The van der Waals surface area contributed by atoms with Crippen LogP contribution in [0.25, 0.3) is 11.3 Å². The highest BCUT2D eigenvalue weighted by Crippen LogP contribution is 2.34. The Morgan fingerprint density at radius 3 is 2.66 bits per heavy atom. The zero-order chi connectivity index (χ0) is 24.4. The van der Waals surface area contributed by atoms with Gasteiger partial charge in [-0.1, -0.05) is 66.2 Å². The van der Waals surface area contributed by atoms with Gasteiger partial charge in [0.25, 0.3) is 0 Å². The first-order valence-corrected chi connectivity index (χ1v) is 12.2. The van der Waals surface area contributed by atoms with Gasteiger partial charge in [-0.05, 0) is 25.0 Å². The molecular formula is C28H31N5O2. The van der Waals surface area contributed by atoms with Gasteiger partial charge in [0.2, 0.25) is 11.8 Å². The third-order valence-electron chi connectivity index (χ3n) is 6.98. The molecule has 0 saturated carbocycles. The second-order valence-corrected chi connectivity index (χ2v) is 9.41. The molecule has 2 aliphatic rings. The topological polar surface area (TPSA) is 79.3 Å². The first-order valence-electron chi connectivity index (χ1n) is 12.2. The van der Waals surface area contributed by atoms with E-state index in [2.05, 4.69) is 34.8 Å². The number of hydrogen-bond donors (Lipinski definition) is 2. The Bertz CT molecular complexity index is 1250. The van der Waals surface area contributed by atoms with E-state index in [-0.39, 0.29) is 29.7 Å². The number of rotatable bonds is 5. The summed E-state index contributed by atoms with van der Waals surface area (Å²) in [5, 5.41) is 10.9. The largest absolute Gasteiger partial charge is 0.340 e. The molecule has 0 aliphatic carbocycles. The van der Waals surface area contributed by atoms with Gasteiger partial charge in [-0.25, -0.2) is 0 Å². The van der Waals surface area contributed by atoms with Crippen molar-refractivity contribution in [2.75, 3.05) is 25.0 Å². The predicted molar refractivity (Wildman–Crippen MR) is 137 cm³/mol.